The van der Waals surface area contributed by atoms with E-state index in [9.17, 15) is 4.79 Å². The van der Waals surface area contributed by atoms with E-state index in [0.717, 1.165) is 35.5 Å². The Labute approximate surface area is 125 Å². The molecule has 0 bridgehead atoms. The van der Waals surface area contributed by atoms with Gasteiger partial charge in [0, 0.05) is 11.1 Å². The van der Waals surface area contributed by atoms with Crippen molar-refractivity contribution in [1.29, 1.82) is 0 Å². The molecule has 2 N–H and O–H groups in total. The SMILES string of the molecule is CC1CC[NH+](CC(=O)Nc2cccc3ccccc23)CC1. The minimum Gasteiger partial charge on any atom is -0.327 e. The number of fused-ring (bicyclic) bond motifs is 1. The molecule has 3 nitrogen and oxygen atoms in total. The number of carbonyl (C=O) groups excluding carboxylic acids is 1. The van der Waals surface area contributed by atoms with Crippen LogP contribution in [0.3, 0.4) is 0 Å². The van der Waals surface area contributed by atoms with Gasteiger partial charge in [0.25, 0.3) is 5.91 Å². The molecular weight excluding hydrogens is 260 g/mol. The van der Waals surface area contributed by atoms with E-state index in [1.54, 1.807) is 0 Å². The third-order valence-electron chi connectivity index (χ3n) is 4.46. The van der Waals surface area contributed by atoms with Crippen molar-refractivity contribution in [2.75, 3.05) is 25.0 Å². The van der Waals surface area contributed by atoms with Crippen LogP contribution in [0, 0.1) is 5.92 Å². The monoisotopic (exact) mass is 283 g/mol. The maximum absolute atomic E-state index is 12.3. The number of piperidine rings is 1. The van der Waals surface area contributed by atoms with Crippen LogP contribution in [0.1, 0.15) is 19.8 Å². The molecule has 3 rings (SSSR count). The van der Waals surface area contributed by atoms with E-state index >= 15 is 0 Å². The minimum absolute atomic E-state index is 0.121. The zero-order chi connectivity index (χ0) is 14.7. The summed E-state index contributed by atoms with van der Waals surface area (Å²) in [6, 6.07) is 14.2. The number of hydrogen-bond donors (Lipinski definition) is 2. The number of carbonyl (C=O) groups is 1. The molecule has 0 atom stereocenters. The fourth-order valence-electron chi connectivity index (χ4n) is 3.10. The van der Waals surface area contributed by atoms with Gasteiger partial charge < -0.3 is 10.2 Å². The molecule has 0 aromatic heterocycles. The first-order chi connectivity index (χ1) is 10.2. The Balaban J connectivity index is 1.66. The lowest BCUT2D eigenvalue weighted by molar-refractivity contribution is -0.897. The number of hydrogen-bond acceptors (Lipinski definition) is 1. The third-order valence-corrected chi connectivity index (χ3v) is 4.46. The molecule has 0 unspecified atom stereocenters. The van der Waals surface area contributed by atoms with Crippen molar-refractivity contribution in [3.63, 3.8) is 0 Å². The summed E-state index contributed by atoms with van der Waals surface area (Å²) in [6.07, 6.45) is 2.47. The smallest absolute Gasteiger partial charge is 0.279 e. The van der Waals surface area contributed by atoms with Gasteiger partial charge in [-0.05, 0) is 30.2 Å². The van der Waals surface area contributed by atoms with Gasteiger partial charge in [-0.25, -0.2) is 0 Å². The standard InChI is InChI=1S/C18H22N2O/c1-14-9-11-20(12-10-14)13-18(21)19-17-8-4-6-15-5-2-3-7-16(15)17/h2-8,14H,9-13H2,1H3,(H,19,21)/p+1. The minimum atomic E-state index is 0.121. The maximum Gasteiger partial charge on any atom is 0.279 e. The lowest BCUT2D eigenvalue weighted by Gasteiger charge is -2.26. The van der Waals surface area contributed by atoms with Crippen LogP contribution in [0.4, 0.5) is 5.69 Å². The van der Waals surface area contributed by atoms with Crippen LogP contribution in [-0.2, 0) is 4.79 Å². The molecule has 1 aliphatic rings. The number of rotatable bonds is 3. The lowest BCUT2D eigenvalue weighted by atomic mass is 9.99. The highest BCUT2D eigenvalue weighted by atomic mass is 16.2. The van der Waals surface area contributed by atoms with E-state index in [1.807, 2.05) is 24.3 Å². The van der Waals surface area contributed by atoms with Gasteiger partial charge in [-0.2, -0.15) is 0 Å². The van der Waals surface area contributed by atoms with Crippen LogP contribution < -0.4 is 10.2 Å². The molecule has 1 fully saturated rings. The van der Waals surface area contributed by atoms with Crippen LogP contribution in [0.5, 0.6) is 0 Å². The van der Waals surface area contributed by atoms with E-state index in [4.69, 9.17) is 0 Å². The van der Waals surface area contributed by atoms with Crippen molar-refractivity contribution in [3.05, 3.63) is 42.5 Å². The number of benzene rings is 2. The summed E-state index contributed by atoms with van der Waals surface area (Å²) in [4.78, 5) is 13.7. The van der Waals surface area contributed by atoms with Gasteiger partial charge in [0.2, 0.25) is 0 Å². The number of anilines is 1. The van der Waals surface area contributed by atoms with Crippen LogP contribution in [0.2, 0.25) is 0 Å². The van der Waals surface area contributed by atoms with Crippen LogP contribution in [-0.4, -0.2) is 25.5 Å². The highest BCUT2D eigenvalue weighted by Gasteiger charge is 2.21. The molecular formula is C18H23N2O+. The summed E-state index contributed by atoms with van der Waals surface area (Å²) in [5, 5.41) is 5.35. The summed E-state index contributed by atoms with van der Waals surface area (Å²) >= 11 is 0. The fraction of sp³-hybridized carbons (Fsp3) is 0.389. The molecule has 0 aliphatic carbocycles. The zero-order valence-corrected chi connectivity index (χ0v) is 12.6. The number of amides is 1. The average Bonchev–Trinajstić information content (AvgIpc) is 2.50. The van der Waals surface area contributed by atoms with Crippen molar-refractivity contribution >= 4 is 22.4 Å². The summed E-state index contributed by atoms with van der Waals surface area (Å²) in [7, 11) is 0. The summed E-state index contributed by atoms with van der Waals surface area (Å²) in [5.41, 5.74) is 0.919. The van der Waals surface area contributed by atoms with E-state index in [1.165, 1.54) is 17.7 Å². The highest BCUT2D eigenvalue weighted by Crippen LogP contribution is 2.22. The molecule has 3 heteroatoms. The highest BCUT2D eigenvalue weighted by molar-refractivity contribution is 6.02. The lowest BCUT2D eigenvalue weighted by Crippen LogP contribution is -3.14. The van der Waals surface area contributed by atoms with Crippen molar-refractivity contribution < 1.29 is 9.69 Å². The van der Waals surface area contributed by atoms with Crippen molar-refractivity contribution in [3.8, 4) is 0 Å². The van der Waals surface area contributed by atoms with Gasteiger partial charge >= 0.3 is 0 Å². The van der Waals surface area contributed by atoms with Gasteiger partial charge in [0.05, 0.1) is 13.1 Å². The largest absolute Gasteiger partial charge is 0.327 e. The second-order valence-electron chi connectivity index (χ2n) is 6.18. The second kappa shape index (κ2) is 6.27. The first-order valence-electron chi connectivity index (χ1n) is 7.83. The molecule has 0 spiro atoms. The molecule has 2 aromatic rings. The Morgan fingerprint density at radius 1 is 1.14 bits per heavy atom. The number of likely N-dealkylation sites (tertiary alicyclic amines) is 1. The van der Waals surface area contributed by atoms with Gasteiger partial charge in [0.15, 0.2) is 6.54 Å². The van der Waals surface area contributed by atoms with Gasteiger partial charge in [-0.3, -0.25) is 4.79 Å². The van der Waals surface area contributed by atoms with E-state index in [0.29, 0.717) is 6.54 Å². The van der Waals surface area contributed by atoms with E-state index < -0.39 is 0 Å². The fourth-order valence-corrected chi connectivity index (χ4v) is 3.10. The summed E-state index contributed by atoms with van der Waals surface area (Å²) in [5.74, 6) is 0.936. The molecule has 0 saturated carbocycles. The quantitative estimate of drug-likeness (QED) is 0.888. The van der Waals surface area contributed by atoms with Crippen molar-refractivity contribution in [2.45, 2.75) is 19.8 Å². The Morgan fingerprint density at radius 3 is 2.67 bits per heavy atom. The Bertz CT molecular complexity index is 625. The molecule has 1 saturated heterocycles. The first kappa shape index (κ1) is 14.1. The summed E-state index contributed by atoms with van der Waals surface area (Å²) in [6.45, 7) is 5.11. The topological polar surface area (TPSA) is 33.5 Å². The van der Waals surface area contributed by atoms with Gasteiger partial charge in [0.1, 0.15) is 0 Å². The second-order valence-corrected chi connectivity index (χ2v) is 6.18. The van der Waals surface area contributed by atoms with Crippen molar-refractivity contribution in [1.82, 2.24) is 0 Å². The van der Waals surface area contributed by atoms with Gasteiger partial charge in [-0.15, -0.1) is 0 Å². The van der Waals surface area contributed by atoms with Crippen molar-refractivity contribution in [2.24, 2.45) is 5.92 Å². The summed E-state index contributed by atoms with van der Waals surface area (Å²) < 4.78 is 0. The molecule has 110 valence electrons. The molecule has 1 amide bonds. The normalized spacial score (nSPS) is 22.1. The molecule has 1 heterocycles. The number of nitrogens with one attached hydrogen (secondary N) is 2. The Morgan fingerprint density at radius 2 is 1.86 bits per heavy atom. The molecule has 1 aliphatic heterocycles. The average molecular weight is 283 g/mol. The maximum atomic E-state index is 12.3. The Hall–Kier alpha value is -1.87. The predicted molar refractivity (Wildman–Crippen MR) is 86.5 cm³/mol. The van der Waals surface area contributed by atoms with Crippen LogP contribution >= 0.6 is 0 Å². The third kappa shape index (κ3) is 3.42. The molecule has 2 aromatic carbocycles. The van der Waals surface area contributed by atoms with Crippen LogP contribution in [0.25, 0.3) is 10.8 Å². The zero-order valence-electron chi connectivity index (χ0n) is 12.6. The predicted octanol–water partition coefficient (Wildman–Crippen LogP) is 2.09. The van der Waals surface area contributed by atoms with Crippen LogP contribution in [0.15, 0.2) is 42.5 Å². The number of quaternary nitrogens is 1. The molecule has 21 heavy (non-hydrogen) atoms. The Kier molecular flexibility index (Phi) is 4.20. The van der Waals surface area contributed by atoms with E-state index in [2.05, 4.69) is 30.4 Å². The first-order valence-corrected chi connectivity index (χ1v) is 7.83. The molecule has 0 radical (unpaired) electrons. The van der Waals surface area contributed by atoms with E-state index in [-0.39, 0.29) is 5.91 Å². The van der Waals surface area contributed by atoms with Gasteiger partial charge in [-0.1, -0.05) is 43.3 Å².